The quantitative estimate of drug-likeness (QED) is 0.205. The molecule has 1 unspecified atom stereocenters. The van der Waals surface area contributed by atoms with Crippen molar-refractivity contribution in [2.45, 2.75) is 38.6 Å². The Morgan fingerprint density at radius 1 is 1.31 bits per heavy atom. The van der Waals surface area contributed by atoms with E-state index >= 15 is 0 Å². The molecule has 8 nitrogen and oxygen atoms in total. The molecule has 0 aliphatic carbocycles. The number of furan rings is 1. The van der Waals surface area contributed by atoms with Crippen LogP contribution in [0.5, 0.6) is 0 Å². The fourth-order valence-electron chi connectivity index (χ4n) is 3.40. The third-order valence-corrected chi connectivity index (χ3v) is 7.03. The molecule has 2 heterocycles. The van der Waals surface area contributed by atoms with Crippen LogP contribution >= 0.6 is 24.0 Å². The average Bonchev–Trinajstić information content (AvgIpc) is 3.24. The van der Waals surface area contributed by atoms with Gasteiger partial charge in [0.2, 0.25) is 10.0 Å². The Bertz CT molecular complexity index is 691. The number of rotatable bonds is 10. The number of aliphatic imine (C=N–C) groups is 1. The van der Waals surface area contributed by atoms with Crippen LogP contribution in [-0.2, 0) is 10.0 Å². The molecule has 2 N–H and O–H groups in total. The number of sulfonamides is 1. The fourth-order valence-corrected chi connectivity index (χ4v) is 4.25. The summed E-state index contributed by atoms with van der Waals surface area (Å²) in [5, 5.41) is 6.66. The van der Waals surface area contributed by atoms with E-state index in [0.717, 1.165) is 24.8 Å². The Morgan fingerprint density at radius 3 is 2.62 bits per heavy atom. The maximum absolute atomic E-state index is 11.8. The third-order valence-electron chi connectivity index (χ3n) is 5.17. The monoisotopic (exact) mass is 541 g/mol. The highest BCUT2D eigenvalue weighted by Gasteiger charge is 2.24. The van der Waals surface area contributed by atoms with E-state index in [-0.39, 0.29) is 35.8 Å². The summed E-state index contributed by atoms with van der Waals surface area (Å²) >= 11 is 0. The Kier molecular flexibility index (Phi) is 12.1. The molecule has 168 valence electrons. The molecule has 1 saturated heterocycles. The smallest absolute Gasteiger partial charge is 0.213 e. The van der Waals surface area contributed by atoms with Crippen LogP contribution in [0.25, 0.3) is 0 Å². The van der Waals surface area contributed by atoms with Crippen molar-refractivity contribution in [2.75, 3.05) is 52.6 Å². The van der Waals surface area contributed by atoms with Crippen molar-refractivity contribution in [1.82, 2.24) is 19.8 Å². The maximum atomic E-state index is 11.8. The first kappa shape index (κ1) is 26.2. The lowest BCUT2D eigenvalue weighted by atomic mass is 10.1. The van der Waals surface area contributed by atoms with E-state index in [2.05, 4.69) is 20.5 Å². The van der Waals surface area contributed by atoms with Crippen LogP contribution in [0.4, 0.5) is 0 Å². The summed E-state index contributed by atoms with van der Waals surface area (Å²) in [5.74, 6) is 1.82. The van der Waals surface area contributed by atoms with E-state index in [1.165, 1.54) is 23.6 Å². The summed E-state index contributed by atoms with van der Waals surface area (Å²) in [6.45, 7) is 5.67. The highest BCUT2D eigenvalue weighted by atomic mass is 127. The highest BCUT2D eigenvalue weighted by molar-refractivity contribution is 14.0. The van der Waals surface area contributed by atoms with E-state index in [1.807, 2.05) is 12.1 Å². The molecule has 0 spiro atoms. The molecule has 0 bridgehead atoms. The molecule has 0 radical (unpaired) electrons. The van der Waals surface area contributed by atoms with Crippen LogP contribution in [0.15, 0.2) is 27.8 Å². The van der Waals surface area contributed by atoms with Crippen molar-refractivity contribution < 1.29 is 12.8 Å². The van der Waals surface area contributed by atoms with Gasteiger partial charge in [-0.05, 0) is 51.4 Å². The summed E-state index contributed by atoms with van der Waals surface area (Å²) in [5.41, 5.74) is 0. The molecule has 0 aromatic carbocycles. The van der Waals surface area contributed by atoms with Crippen LogP contribution in [0, 0.1) is 0 Å². The van der Waals surface area contributed by atoms with Gasteiger partial charge in [-0.2, -0.15) is 0 Å². The second kappa shape index (κ2) is 13.5. The highest BCUT2D eigenvalue weighted by Crippen LogP contribution is 2.24. The van der Waals surface area contributed by atoms with Gasteiger partial charge in [0.15, 0.2) is 5.96 Å². The minimum absolute atomic E-state index is 0. The fraction of sp³-hybridized carbons (Fsp3) is 0.737. The molecule has 29 heavy (non-hydrogen) atoms. The SMILES string of the molecule is CCS(=O)(=O)N(C)CCCNC(=NC)NCC(c1ccco1)N1CCCCC1.I. The van der Waals surface area contributed by atoms with Crippen LogP contribution in [0.1, 0.15) is 44.4 Å². The van der Waals surface area contributed by atoms with E-state index in [0.29, 0.717) is 26.1 Å². The van der Waals surface area contributed by atoms with E-state index < -0.39 is 10.0 Å². The van der Waals surface area contributed by atoms with Gasteiger partial charge in [0.25, 0.3) is 0 Å². The Balaban J connectivity index is 0.00000420. The summed E-state index contributed by atoms with van der Waals surface area (Å²) in [6.07, 6.45) is 6.17. The molecule has 2 rings (SSSR count). The van der Waals surface area contributed by atoms with Crippen molar-refractivity contribution in [2.24, 2.45) is 4.99 Å². The van der Waals surface area contributed by atoms with Crippen molar-refractivity contribution in [3.05, 3.63) is 24.2 Å². The Labute approximate surface area is 192 Å². The van der Waals surface area contributed by atoms with Gasteiger partial charge < -0.3 is 15.1 Å². The van der Waals surface area contributed by atoms with Gasteiger partial charge in [-0.3, -0.25) is 9.89 Å². The number of hydrogen-bond acceptors (Lipinski definition) is 5. The zero-order valence-electron chi connectivity index (χ0n) is 17.8. The van der Waals surface area contributed by atoms with Gasteiger partial charge in [0.1, 0.15) is 5.76 Å². The van der Waals surface area contributed by atoms with E-state index in [1.54, 1.807) is 27.3 Å². The number of halogens is 1. The van der Waals surface area contributed by atoms with Gasteiger partial charge >= 0.3 is 0 Å². The zero-order valence-corrected chi connectivity index (χ0v) is 20.9. The molecule has 1 aromatic rings. The predicted molar refractivity (Wildman–Crippen MR) is 128 cm³/mol. The lowest BCUT2D eigenvalue weighted by Gasteiger charge is -2.33. The second-order valence-electron chi connectivity index (χ2n) is 7.08. The molecule has 10 heteroatoms. The molecular formula is C19H36IN5O3S. The summed E-state index contributed by atoms with van der Waals surface area (Å²) in [4.78, 5) is 6.75. The van der Waals surface area contributed by atoms with Gasteiger partial charge in [-0.1, -0.05) is 6.42 Å². The van der Waals surface area contributed by atoms with Crippen molar-refractivity contribution in [1.29, 1.82) is 0 Å². The molecule has 1 aliphatic heterocycles. The second-order valence-corrected chi connectivity index (χ2v) is 9.45. The van der Waals surface area contributed by atoms with Crippen LogP contribution in [0.2, 0.25) is 0 Å². The van der Waals surface area contributed by atoms with Crippen LogP contribution in [0.3, 0.4) is 0 Å². The molecule has 1 aliphatic rings. The standard InChI is InChI=1S/C19H35N5O3S.HI/c1-4-28(25,26)23(3)12-9-11-21-19(20-2)22-16-17(18-10-8-15-27-18)24-13-6-5-7-14-24;/h8,10,15,17H,4-7,9,11-14,16H2,1-3H3,(H2,20,21,22);1H. The first-order chi connectivity index (χ1) is 13.5. The molecule has 1 aromatic heterocycles. The Morgan fingerprint density at radius 2 is 2.03 bits per heavy atom. The molecule has 1 fully saturated rings. The summed E-state index contributed by atoms with van der Waals surface area (Å²) < 4.78 is 30.6. The zero-order chi connectivity index (χ0) is 20.4. The molecule has 0 saturated carbocycles. The molecule has 1 atom stereocenters. The van der Waals surface area contributed by atoms with Gasteiger partial charge in [0, 0.05) is 33.7 Å². The Hall–Kier alpha value is -0.850. The van der Waals surface area contributed by atoms with Crippen molar-refractivity contribution in [3.63, 3.8) is 0 Å². The average molecular weight is 542 g/mol. The maximum Gasteiger partial charge on any atom is 0.213 e. The number of hydrogen-bond donors (Lipinski definition) is 2. The van der Waals surface area contributed by atoms with Crippen LogP contribution in [-0.4, -0.2) is 76.2 Å². The number of piperidine rings is 1. The summed E-state index contributed by atoms with van der Waals surface area (Å²) in [7, 11) is 0.246. The number of guanidine groups is 1. The van der Waals surface area contributed by atoms with Gasteiger partial charge in [-0.25, -0.2) is 12.7 Å². The lowest BCUT2D eigenvalue weighted by molar-refractivity contribution is 0.146. The van der Waals surface area contributed by atoms with Gasteiger partial charge in [-0.15, -0.1) is 24.0 Å². The topological polar surface area (TPSA) is 90.2 Å². The largest absolute Gasteiger partial charge is 0.468 e. The van der Waals surface area contributed by atoms with E-state index in [4.69, 9.17) is 4.42 Å². The normalized spacial score (nSPS) is 17.0. The number of likely N-dealkylation sites (tertiary alicyclic amines) is 1. The third kappa shape index (κ3) is 8.42. The predicted octanol–water partition coefficient (Wildman–Crippen LogP) is 2.26. The number of nitrogens with zero attached hydrogens (tertiary/aromatic N) is 3. The minimum Gasteiger partial charge on any atom is -0.468 e. The first-order valence-electron chi connectivity index (χ1n) is 10.1. The van der Waals surface area contributed by atoms with Crippen LogP contribution < -0.4 is 10.6 Å². The molecule has 0 amide bonds. The van der Waals surface area contributed by atoms with Crippen molar-refractivity contribution >= 4 is 40.0 Å². The first-order valence-corrected chi connectivity index (χ1v) is 11.7. The minimum atomic E-state index is -3.12. The van der Waals surface area contributed by atoms with Gasteiger partial charge in [0.05, 0.1) is 18.1 Å². The van der Waals surface area contributed by atoms with E-state index in [9.17, 15) is 8.42 Å². The lowest BCUT2D eigenvalue weighted by Crippen LogP contribution is -2.44. The molecular weight excluding hydrogens is 505 g/mol. The summed E-state index contributed by atoms with van der Waals surface area (Å²) in [6, 6.07) is 4.14. The van der Waals surface area contributed by atoms with Crippen molar-refractivity contribution in [3.8, 4) is 0 Å². The number of nitrogens with one attached hydrogen (secondary N) is 2.